The summed E-state index contributed by atoms with van der Waals surface area (Å²) < 4.78 is 4.04. The molecule has 1 aliphatic heterocycles. The Morgan fingerprint density at radius 1 is 1.47 bits per heavy atom. The minimum absolute atomic E-state index is 0.451. The Kier molecular flexibility index (Phi) is 2.84. The first-order valence-corrected chi connectivity index (χ1v) is 7.01. The number of imidazole rings is 1. The summed E-state index contributed by atoms with van der Waals surface area (Å²) in [7, 11) is 1.94. The maximum absolute atomic E-state index is 6.34. The lowest BCUT2D eigenvalue weighted by molar-refractivity contribution is 0.430. The topological polar surface area (TPSA) is 61.7 Å². The second kappa shape index (κ2) is 4.40. The SMILES string of the molecule is CCc1nn(C)cc1-c1nc2n(c1N)C(C)CCC2. The number of aromatic nitrogens is 4. The van der Waals surface area contributed by atoms with Crippen LogP contribution in [-0.2, 0) is 19.9 Å². The maximum atomic E-state index is 6.34. The zero-order valence-electron chi connectivity index (χ0n) is 11.8. The van der Waals surface area contributed by atoms with Gasteiger partial charge in [-0.25, -0.2) is 4.98 Å². The fraction of sp³-hybridized carbons (Fsp3) is 0.571. The van der Waals surface area contributed by atoms with Crippen LogP contribution in [0.3, 0.4) is 0 Å². The van der Waals surface area contributed by atoms with Crippen LogP contribution in [0.25, 0.3) is 11.3 Å². The predicted octanol–water partition coefficient (Wildman–Crippen LogP) is 2.33. The summed E-state index contributed by atoms with van der Waals surface area (Å²) in [6, 6.07) is 0.451. The number of aryl methyl sites for hydroxylation is 3. The van der Waals surface area contributed by atoms with Gasteiger partial charge in [0, 0.05) is 31.3 Å². The van der Waals surface area contributed by atoms with Gasteiger partial charge < -0.3 is 10.3 Å². The second-order valence-electron chi connectivity index (χ2n) is 5.39. The highest BCUT2D eigenvalue weighted by molar-refractivity contribution is 5.72. The molecule has 5 heteroatoms. The Balaban J connectivity index is 2.16. The highest BCUT2D eigenvalue weighted by Crippen LogP contribution is 2.35. The Morgan fingerprint density at radius 2 is 2.26 bits per heavy atom. The zero-order chi connectivity index (χ0) is 13.6. The second-order valence-corrected chi connectivity index (χ2v) is 5.39. The van der Waals surface area contributed by atoms with Crippen molar-refractivity contribution in [2.24, 2.45) is 7.05 Å². The van der Waals surface area contributed by atoms with Crippen LogP contribution in [0, 0.1) is 0 Å². The molecule has 0 aliphatic carbocycles. The van der Waals surface area contributed by atoms with E-state index < -0.39 is 0 Å². The lowest BCUT2D eigenvalue weighted by Gasteiger charge is -2.22. The summed E-state index contributed by atoms with van der Waals surface area (Å²) in [4.78, 5) is 4.78. The highest BCUT2D eigenvalue weighted by atomic mass is 15.3. The molecule has 3 heterocycles. The van der Waals surface area contributed by atoms with Crippen LogP contribution >= 0.6 is 0 Å². The summed E-state index contributed by atoms with van der Waals surface area (Å²) in [5.41, 5.74) is 9.40. The van der Waals surface area contributed by atoms with Gasteiger partial charge in [-0.3, -0.25) is 4.68 Å². The average Bonchev–Trinajstić information content (AvgIpc) is 2.91. The molecule has 3 rings (SSSR count). The first kappa shape index (κ1) is 12.3. The van der Waals surface area contributed by atoms with Crippen LogP contribution in [0.1, 0.15) is 44.2 Å². The molecule has 0 fully saturated rings. The van der Waals surface area contributed by atoms with E-state index in [2.05, 4.69) is 23.5 Å². The lowest BCUT2D eigenvalue weighted by atomic mass is 10.1. The van der Waals surface area contributed by atoms with Crippen LogP contribution < -0.4 is 5.73 Å². The first-order chi connectivity index (χ1) is 9.11. The van der Waals surface area contributed by atoms with E-state index in [0.717, 1.165) is 41.4 Å². The summed E-state index contributed by atoms with van der Waals surface area (Å²) >= 11 is 0. The van der Waals surface area contributed by atoms with E-state index in [4.69, 9.17) is 10.7 Å². The number of nitrogens with two attached hydrogens (primary N) is 1. The molecule has 0 spiro atoms. The standard InChI is InChI=1S/C14H21N5/c1-4-11-10(8-18(3)17-11)13-14(15)19-9(2)6-5-7-12(19)16-13/h8-9H,4-7,15H2,1-3H3. The molecule has 0 aromatic carbocycles. The Hall–Kier alpha value is -1.78. The fourth-order valence-corrected chi connectivity index (χ4v) is 3.04. The molecule has 19 heavy (non-hydrogen) atoms. The van der Waals surface area contributed by atoms with Gasteiger partial charge in [-0.15, -0.1) is 0 Å². The third-order valence-electron chi connectivity index (χ3n) is 3.98. The van der Waals surface area contributed by atoms with Crippen LogP contribution in [-0.4, -0.2) is 19.3 Å². The van der Waals surface area contributed by atoms with E-state index in [-0.39, 0.29) is 0 Å². The molecule has 102 valence electrons. The Bertz CT molecular complexity index is 608. The van der Waals surface area contributed by atoms with Crippen LogP contribution in [0.5, 0.6) is 0 Å². The molecule has 1 aliphatic rings. The van der Waals surface area contributed by atoms with Gasteiger partial charge in [0.1, 0.15) is 17.3 Å². The number of nitrogen functional groups attached to an aromatic ring is 1. The molecule has 0 saturated carbocycles. The normalized spacial score (nSPS) is 18.6. The molecule has 0 bridgehead atoms. The first-order valence-electron chi connectivity index (χ1n) is 7.01. The number of hydrogen-bond donors (Lipinski definition) is 1. The van der Waals surface area contributed by atoms with E-state index in [1.54, 1.807) is 0 Å². The van der Waals surface area contributed by atoms with Crippen molar-refractivity contribution in [1.82, 2.24) is 19.3 Å². The van der Waals surface area contributed by atoms with Crippen molar-refractivity contribution in [2.75, 3.05) is 5.73 Å². The van der Waals surface area contributed by atoms with Crippen LogP contribution in [0.4, 0.5) is 5.82 Å². The van der Waals surface area contributed by atoms with Crippen molar-refractivity contribution in [3.8, 4) is 11.3 Å². The molecule has 1 unspecified atom stereocenters. The molecule has 5 nitrogen and oxygen atoms in total. The van der Waals surface area contributed by atoms with E-state index in [1.165, 1.54) is 12.8 Å². The van der Waals surface area contributed by atoms with E-state index in [1.807, 2.05) is 17.9 Å². The lowest BCUT2D eigenvalue weighted by Crippen LogP contribution is -2.16. The largest absolute Gasteiger partial charge is 0.383 e. The molecular formula is C14H21N5. The van der Waals surface area contributed by atoms with Crippen molar-refractivity contribution in [3.63, 3.8) is 0 Å². The fourth-order valence-electron chi connectivity index (χ4n) is 3.04. The van der Waals surface area contributed by atoms with Gasteiger partial charge in [0.15, 0.2) is 0 Å². The minimum Gasteiger partial charge on any atom is -0.383 e. The van der Waals surface area contributed by atoms with Gasteiger partial charge in [-0.2, -0.15) is 5.10 Å². The number of fused-ring (bicyclic) bond motifs is 1. The van der Waals surface area contributed by atoms with E-state index in [9.17, 15) is 0 Å². The van der Waals surface area contributed by atoms with E-state index in [0.29, 0.717) is 6.04 Å². The third kappa shape index (κ3) is 1.84. The molecule has 2 aromatic rings. The van der Waals surface area contributed by atoms with Gasteiger partial charge in [0.05, 0.1) is 5.69 Å². The van der Waals surface area contributed by atoms with Gasteiger partial charge in [-0.1, -0.05) is 6.92 Å². The molecule has 2 aromatic heterocycles. The zero-order valence-corrected chi connectivity index (χ0v) is 11.8. The Labute approximate surface area is 113 Å². The average molecular weight is 259 g/mol. The molecule has 0 amide bonds. The van der Waals surface area contributed by atoms with Gasteiger partial charge in [0.25, 0.3) is 0 Å². The number of nitrogens with zero attached hydrogens (tertiary/aromatic N) is 4. The van der Waals surface area contributed by atoms with Crippen molar-refractivity contribution in [3.05, 3.63) is 17.7 Å². The van der Waals surface area contributed by atoms with Crippen molar-refractivity contribution >= 4 is 5.82 Å². The number of hydrogen-bond acceptors (Lipinski definition) is 3. The summed E-state index contributed by atoms with van der Waals surface area (Å²) in [6.45, 7) is 4.33. The quantitative estimate of drug-likeness (QED) is 0.900. The molecular weight excluding hydrogens is 238 g/mol. The molecule has 2 N–H and O–H groups in total. The molecule has 0 radical (unpaired) electrons. The highest BCUT2D eigenvalue weighted by Gasteiger charge is 2.25. The van der Waals surface area contributed by atoms with Crippen molar-refractivity contribution in [1.29, 1.82) is 0 Å². The monoisotopic (exact) mass is 259 g/mol. The smallest absolute Gasteiger partial charge is 0.132 e. The molecule has 0 saturated heterocycles. The van der Waals surface area contributed by atoms with Gasteiger partial charge >= 0.3 is 0 Å². The summed E-state index contributed by atoms with van der Waals surface area (Å²) in [6.07, 6.45) is 6.32. The molecule has 1 atom stereocenters. The van der Waals surface area contributed by atoms with Crippen molar-refractivity contribution < 1.29 is 0 Å². The van der Waals surface area contributed by atoms with Gasteiger partial charge in [0.2, 0.25) is 0 Å². The summed E-state index contributed by atoms with van der Waals surface area (Å²) in [5, 5.41) is 4.48. The minimum atomic E-state index is 0.451. The van der Waals surface area contributed by atoms with Crippen LogP contribution in [0.2, 0.25) is 0 Å². The number of rotatable bonds is 2. The summed E-state index contributed by atoms with van der Waals surface area (Å²) in [5.74, 6) is 1.92. The Morgan fingerprint density at radius 3 is 2.95 bits per heavy atom. The predicted molar refractivity (Wildman–Crippen MR) is 75.9 cm³/mol. The van der Waals surface area contributed by atoms with Crippen molar-refractivity contribution in [2.45, 2.75) is 45.6 Å². The van der Waals surface area contributed by atoms with Crippen LogP contribution in [0.15, 0.2) is 6.20 Å². The van der Waals surface area contributed by atoms with E-state index >= 15 is 0 Å². The third-order valence-corrected chi connectivity index (χ3v) is 3.98. The number of anilines is 1. The van der Waals surface area contributed by atoms with Gasteiger partial charge in [-0.05, 0) is 26.2 Å². The maximum Gasteiger partial charge on any atom is 0.132 e.